The van der Waals surface area contributed by atoms with Gasteiger partial charge in [-0.15, -0.1) is 0 Å². The van der Waals surface area contributed by atoms with Crippen molar-refractivity contribution < 1.29 is 35.7 Å². The summed E-state index contributed by atoms with van der Waals surface area (Å²) in [6.07, 6.45) is 19.0. The van der Waals surface area contributed by atoms with E-state index >= 15 is 0 Å². The molecule has 0 bridgehead atoms. The quantitative estimate of drug-likeness (QED) is 0.262. The Kier molecular flexibility index (Phi) is 15.3. The van der Waals surface area contributed by atoms with Crippen molar-refractivity contribution >= 4 is 0 Å². The highest BCUT2D eigenvalue weighted by Crippen LogP contribution is 2.35. The van der Waals surface area contributed by atoms with Crippen molar-refractivity contribution in [3.05, 3.63) is 0 Å². The van der Waals surface area contributed by atoms with E-state index in [0.29, 0.717) is 19.3 Å². The first kappa shape index (κ1) is 30.8. The Morgan fingerprint density at radius 3 is 1.00 bits per heavy atom. The fourth-order valence-corrected chi connectivity index (χ4v) is 4.79. The molecule has 0 saturated heterocycles. The number of hydrogen-bond donors (Lipinski definition) is 7. The smallest absolute Gasteiger partial charge is 0.276 e. The van der Waals surface area contributed by atoms with Crippen LogP contribution < -0.4 is 0 Å². The largest absolute Gasteiger partial charge is 0.387 e. The van der Waals surface area contributed by atoms with E-state index in [9.17, 15) is 35.7 Å². The Morgan fingerprint density at radius 2 is 0.667 bits per heavy atom. The van der Waals surface area contributed by atoms with E-state index in [1.807, 2.05) is 0 Å². The van der Waals surface area contributed by atoms with E-state index in [4.69, 9.17) is 0 Å². The van der Waals surface area contributed by atoms with E-state index in [-0.39, 0.29) is 6.42 Å². The Balaban J connectivity index is 2.54. The summed E-state index contributed by atoms with van der Waals surface area (Å²) in [4.78, 5) is 0. The van der Waals surface area contributed by atoms with Crippen LogP contribution >= 0.6 is 0 Å². The zero-order valence-corrected chi connectivity index (χ0v) is 20.8. The molecular formula is C26H52O7. The molecule has 7 N–H and O–H groups in total. The van der Waals surface area contributed by atoms with E-state index in [2.05, 4.69) is 0 Å². The lowest BCUT2D eigenvalue weighted by atomic mass is 9.86. The molecule has 1 rings (SSSR count). The minimum absolute atomic E-state index is 0.0774. The maximum absolute atomic E-state index is 10.2. The Hall–Kier alpha value is -0.280. The number of hydrogen-bond acceptors (Lipinski definition) is 7. The summed E-state index contributed by atoms with van der Waals surface area (Å²) in [6, 6.07) is 0. The van der Waals surface area contributed by atoms with Crippen LogP contribution in [0.5, 0.6) is 0 Å². The van der Waals surface area contributed by atoms with Gasteiger partial charge in [0.1, 0.15) is 6.10 Å². The molecule has 0 radical (unpaired) electrons. The molecule has 0 heterocycles. The molecular weight excluding hydrogens is 424 g/mol. The normalized spacial score (nSPS) is 28.6. The molecule has 0 spiro atoms. The van der Waals surface area contributed by atoms with E-state index in [1.165, 1.54) is 70.6 Å². The Morgan fingerprint density at radius 1 is 0.394 bits per heavy atom. The predicted octanol–water partition coefficient (Wildman–Crippen LogP) is 3.99. The van der Waals surface area contributed by atoms with Crippen molar-refractivity contribution in [2.24, 2.45) is 0 Å². The molecule has 1 aliphatic carbocycles. The molecule has 0 amide bonds. The summed E-state index contributed by atoms with van der Waals surface area (Å²) in [5, 5.41) is 71.4. The van der Waals surface area contributed by atoms with Gasteiger partial charge in [0, 0.05) is 6.42 Å². The van der Waals surface area contributed by atoms with Gasteiger partial charge in [0.25, 0.3) is 11.6 Å². The lowest BCUT2D eigenvalue weighted by molar-refractivity contribution is -0.467. The molecule has 33 heavy (non-hydrogen) atoms. The topological polar surface area (TPSA) is 142 Å². The molecule has 0 aromatic rings. The summed E-state index contributed by atoms with van der Waals surface area (Å²) >= 11 is 0. The first-order valence-electron chi connectivity index (χ1n) is 13.7. The molecule has 0 aromatic heterocycles. The molecule has 7 heteroatoms. The summed E-state index contributed by atoms with van der Waals surface area (Å²) in [7, 11) is 0. The fraction of sp³-hybridized carbons (Fsp3) is 1.00. The van der Waals surface area contributed by atoms with Gasteiger partial charge >= 0.3 is 0 Å². The Bertz CT molecular complexity index is 479. The number of aliphatic hydroxyl groups excluding tert-OH is 1. The van der Waals surface area contributed by atoms with Crippen LogP contribution in [0.25, 0.3) is 0 Å². The highest BCUT2D eigenvalue weighted by molar-refractivity contribution is 4.97. The van der Waals surface area contributed by atoms with Crippen molar-refractivity contribution in [1.29, 1.82) is 0 Å². The van der Waals surface area contributed by atoms with Crippen molar-refractivity contribution in [2.75, 3.05) is 0 Å². The van der Waals surface area contributed by atoms with Crippen LogP contribution in [0.15, 0.2) is 0 Å². The number of aliphatic hydroxyl groups is 7. The Labute approximate surface area is 200 Å². The summed E-state index contributed by atoms with van der Waals surface area (Å²) in [5.74, 6) is -10.3. The molecule has 7 nitrogen and oxygen atoms in total. The second-order valence-electron chi connectivity index (χ2n) is 10.3. The minimum atomic E-state index is -3.68. The van der Waals surface area contributed by atoms with Crippen LogP contribution in [-0.2, 0) is 0 Å². The van der Waals surface area contributed by atoms with Crippen LogP contribution in [0.3, 0.4) is 0 Å². The maximum atomic E-state index is 10.2. The van der Waals surface area contributed by atoms with Gasteiger partial charge in [0.15, 0.2) is 0 Å². The third-order valence-electron chi connectivity index (χ3n) is 7.29. The van der Waals surface area contributed by atoms with Crippen LogP contribution in [0.1, 0.15) is 141 Å². The van der Waals surface area contributed by atoms with Gasteiger partial charge in [0.05, 0.1) is 0 Å². The standard InChI is InChI=1S/C26H52O7/c27-23-21-19-17-15-13-11-9-7-5-3-1-2-4-6-8-10-12-14-16-18-20-22-24(28,29)26(32,33)25(23,30)31/h23,27-33H,1-22H2. The molecule has 1 saturated carbocycles. The van der Waals surface area contributed by atoms with E-state index < -0.39 is 29.9 Å². The van der Waals surface area contributed by atoms with Gasteiger partial charge in [-0.1, -0.05) is 122 Å². The lowest BCUT2D eigenvalue weighted by Crippen LogP contribution is -2.72. The van der Waals surface area contributed by atoms with Crippen molar-refractivity contribution in [3.63, 3.8) is 0 Å². The van der Waals surface area contributed by atoms with Gasteiger partial charge in [-0.3, -0.25) is 0 Å². The third-order valence-corrected chi connectivity index (χ3v) is 7.29. The second-order valence-corrected chi connectivity index (χ2v) is 10.3. The molecule has 198 valence electrons. The highest BCUT2D eigenvalue weighted by Gasteiger charge is 2.63. The molecule has 1 atom stereocenters. The van der Waals surface area contributed by atoms with Crippen molar-refractivity contribution in [1.82, 2.24) is 0 Å². The van der Waals surface area contributed by atoms with Crippen LogP contribution in [0, 0.1) is 0 Å². The van der Waals surface area contributed by atoms with Gasteiger partial charge in [-0.05, 0) is 12.8 Å². The van der Waals surface area contributed by atoms with Crippen LogP contribution in [-0.4, -0.2) is 59.2 Å². The zero-order valence-electron chi connectivity index (χ0n) is 20.8. The third kappa shape index (κ3) is 11.3. The molecule has 1 unspecified atom stereocenters. The van der Waals surface area contributed by atoms with Gasteiger partial charge in [-0.2, -0.15) is 0 Å². The minimum Gasteiger partial charge on any atom is -0.387 e. The summed E-state index contributed by atoms with van der Waals surface area (Å²) < 4.78 is 0. The first-order chi connectivity index (χ1) is 15.6. The number of rotatable bonds is 0. The molecule has 0 aromatic carbocycles. The van der Waals surface area contributed by atoms with Gasteiger partial charge in [-0.25, -0.2) is 0 Å². The fourth-order valence-electron chi connectivity index (χ4n) is 4.79. The molecule has 1 aliphatic rings. The highest BCUT2D eigenvalue weighted by atomic mass is 16.7. The lowest BCUT2D eigenvalue weighted by Gasteiger charge is -2.44. The predicted molar refractivity (Wildman–Crippen MR) is 129 cm³/mol. The van der Waals surface area contributed by atoms with Crippen molar-refractivity contribution in [3.8, 4) is 0 Å². The SMILES string of the molecule is OC1CCCCCCCCCCCCCCCCCCCCCCC(O)(O)C(O)(O)C1(O)O. The molecule has 0 aliphatic heterocycles. The average Bonchev–Trinajstić information content (AvgIpc) is 2.76. The summed E-state index contributed by atoms with van der Waals surface area (Å²) in [6.45, 7) is 0. The monoisotopic (exact) mass is 476 g/mol. The summed E-state index contributed by atoms with van der Waals surface area (Å²) in [5.41, 5.74) is 0. The average molecular weight is 477 g/mol. The first-order valence-corrected chi connectivity index (χ1v) is 13.7. The second kappa shape index (κ2) is 16.4. The van der Waals surface area contributed by atoms with Gasteiger partial charge < -0.3 is 35.7 Å². The van der Waals surface area contributed by atoms with Crippen LogP contribution in [0.2, 0.25) is 0 Å². The maximum Gasteiger partial charge on any atom is 0.276 e. The molecule has 1 fully saturated rings. The van der Waals surface area contributed by atoms with Crippen molar-refractivity contribution in [2.45, 2.75) is 165 Å². The van der Waals surface area contributed by atoms with Crippen LogP contribution in [0.4, 0.5) is 0 Å². The van der Waals surface area contributed by atoms with E-state index in [1.54, 1.807) is 0 Å². The van der Waals surface area contributed by atoms with Gasteiger partial charge in [0.2, 0.25) is 5.79 Å². The van der Waals surface area contributed by atoms with E-state index in [0.717, 1.165) is 38.5 Å². The zero-order chi connectivity index (χ0) is 24.6.